The molecule has 1 aromatic carbocycles. The first kappa shape index (κ1) is 33.8. The van der Waals surface area contributed by atoms with Crippen molar-refractivity contribution in [3.05, 3.63) is 88.3 Å². The number of benzene rings is 1. The van der Waals surface area contributed by atoms with Crippen LogP contribution >= 0.6 is 11.6 Å². The van der Waals surface area contributed by atoms with Crippen molar-refractivity contribution in [3.8, 4) is 28.4 Å². The van der Waals surface area contributed by atoms with E-state index in [2.05, 4.69) is 20.3 Å². The lowest BCUT2D eigenvalue weighted by Gasteiger charge is -2.33. The van der Waals surface area contributed by atoms with Gasteiger partial charge in [-0.25, -0.2) is 9.78 Å². The highest BCUT2D eigenvalue weighted by Crippen LogP contribution is 2.38. The summed E-state index contributed by atoms with van der Waals surface area (Å²) < 4.78 is 16.5. The predicted octanol–water partition coefficient (Wildman–Crippen LogP) is 6.45. The summed E-state index contributed by atoms with van der Waals surface area (Å²) in [6.07, 6.45) is 3.66. The van der Waals surface area contributed by atoms with Crippen LogP contribution in [0, 0.1) is 6.92 Å². The highest BCUT2D eigenvalue weighted by molar-refractivity contribution is 6.35. The third-order valence-electron chi connectivity index (χ3n) is 7.60. The van der Waals surface area contributed by atoms with Crippen molar-refractivity contribution in [2.24, 2.45) is 0 Å². The zero-order valence-corrected chi connectivity index (χ0v) is 27.8. The van der Waals surface area contributed by atoms with Gasteiger partial charge in [0.1, 0.15) is 11.3 Å². The molecule has 0 spiro atoms. The van der Waals surface area contributed by atoms with Gasteiger partial charge in [-0.1, -0.05) is 29.8 Å². The first-order valence-corrected chi connectivity index (χ1v) is 15.6. The topological polar surface area (TPSA) is 136 Å². The Balaban J connectivity index is 1.32. The van der Waals surface area contributed by atoms with Crippen LogP contribution in [0.25, 0.3) is 22.5 Å². The zero-order valence-electron chi connectivity index (χ0n) is 27.0. The number of hydrogen-bond donors (Lipinski definition) is 2. The summed E-state index contributed by atoms with van der Waals surface area (Å²) in [7, 11) is 1.49. The van der Waals surface area contributed by atoms with E-state index in [1.54, 1.807) is 53.7 Å². The van der Waals surface area contributed by atoms with Crippen molar-refractivity contribution in [1.82, 2.24) is 19.9 Å². The molecule has 1 aliphatic heterocycles. The highest BCUT2D eigenvalue weighted by atomic mass is 35.5. The molecule has 0 radical (unpaired) electrons. The van der Waals surface area contributed by atoms with Gasteiger partial charge in [-0.15, -0.1) is 0 Å². The Labute approximate surface area is 278 Å². The second-order valence-corrected chi connectivity index (χ2v) is 12.5. The lowest BCUT2D eigenvalue weighted by Crippen LogP contribution is -2.44. The zero-order chi connectivity index (χ0) is 33.7. The van der Waals surface area contributed by atoms with Crippen molar-refractivity contribution >= 4 is 29.3 Å². The number of ether oxygens (including phenoxy) is 3. The maximum absolute atomic E-state index is 13.3. The van der Waals surface area contributed by atoms with Crippen LogP contribution in [0.5, 0.6) is 5.88 Å². The summed E-state index contributed by atoms with van der Waals surface area (Å²) >= 11 is 6.88. The molecule has 11 nitrogen and oxygen atoms in total. The minimum absolute atomic E-state index is 0.0225. The highest BCUT2D eigenvalue weighted by Gasteiger charge is 2.28. The SMILES string of the molecule is COc1nc(-c2ccnc(-c3cccc(NC(=O)c4ccc(CN(C[C@@H]5CCO5)C(=O)OC(C)(C)C)cn4)c3C)c2Cl)ccc1CO. The standard InChI is InChI=1S/C35H38ClN5O6/c1-21-25(31-30(36)26(13-15-37-31)28-12-10-23(20-42)33(40-28)45-5)7-6-8-27(21)39-32(43)29-11-9-22(17-38-29)18-41(19-24-14-16-46-24)34(44)47-35(2,3)4/h6-13,15,17,24,42H,14,16,18-20H2,1-5H3,(H,39,43)/t24-/m0/s1. The molecule has 47 heavy (non-hydrogen) atoms. The molecule has 1 fully saturated rings. The van der Waals surface area contributed by atoms with E-state index in [1.165, 1.54) is 7.11 Å². The summed E-state index contributed by atoms with van der Waals surface area (Å²) in [5, 5.41) is 12.9. The molecule has 4 heterocycles. The number of carbonyl (C=O) groups is 2. The van der Waals surface area contributed by atoms with Crippen LogP contribution in [0.15, 0.2) is 60.9 Å². The molecule has 12 heteroatoms. The van der Waals surface area contributed by atoms with Crippen LogP contribution in [0.3, 0.4) is 0 Å². The number of nitrogens with one attached hydrogen (secondary N) is 1. The Morgan fingerprint density at radius 1 is 1.11 bits per heavy atom. The van der Waals surface area contributed by atoms with Gasteiger partial charge in [-0.2, -0.15) is 0 Å². The Bertz CT molecular complexity index is 1750. The average Bonchev–Trinajstić information content (AvgIpc) is 3.02. The van der Waals surface area contributed by atoms with Crippen molar-refractivity contribution in [2.75, 3.05) is 25.6 Å². The van der Waals surface area contributed by atoms with Gasteiger partial charge >= 0.3 is 6.09 Å². The number of rotatable bonds is 10. The van der Waals surface area contributed by atoms with E-state index in [0.29, 0.717) is 52.3 Å². The maximum Gasteiger partial charge on any atom is 0.410 e. The second kappa shape index (κ2) is 14.5. The Morgan fingerprint density at radius 2 is 1.89 bits per heavy atom. The molecule has 5 rings (SSSR count). The number of pyridine rings is 3. The van der Waals surface area contributed by atoms with Gasteiger partial charge < -0.3 is 29.5 Å². The second-order valence-electron chi connectivity index (χ2n) is 12.2. The number of aliphatic hydroxyl groups is 1. The van der Waals surface area contributed by atoms with Gasteiger partial charge in [0.2, 0.25) is 5.88 Å². The van der Waals surface area contributed by atoms with Gasteiger partial charge in [0.25, 0.3) is 5.91 Å². The van der Waals surface area contributed by atoms with Crippen LogP contribution in [0.1, 0.15) is 54.4 Å². The lowest BCUT2D eigenvalue weighted by molar-refractivity contribution is -0.0701. The molecule has 2 N–H and O–H groups in total. The fourth-order valence-corrected chi connectivity index (χ4v) is 5.35. The third-order valence-corrected chi connectivity index (χ3v) is 7.99. The number of aromatic nitrogens is 3. The monoisotopic (exact) mass is 659 g/mol. The summed E-state index contributed by atoms with van der Waals surface area (Å²) in [6.45, 7) is 8.52. The molecular formula is C35H38ClN5O6. The largest absolute Gasteiger partial charge is 0.481 e. The first-order chi connectivity index (χ1) is 22.5. The van der Waals surface area contributed by atoms with Crippen LogP contribution < -0.4 is 10.1 Å². The number of amides is 2. The molecule has 0 saturated carbocycles. The van der Waals surface area contributed by atoms with Crippen LogP contribution in [-0.2, 0) is 22.6 Å². The predicted molar refractivity (Wildman–Crippen MR) is 178 cm³/mol. The Hall–Kier alpha value is -4.58. The van der Waals surface area contributed by atoms with E-state index >= 15 is 0 Å². The van der Waals surface area contributed by atoms with Crippen molar-refractivity contribution < 1.29 is 28.9 Å². The van der Waals surface area contributed by atoms with Crippen molar-refractivity contribution in [3.63, 3.8) is 0 Å². The Morgan fingerprint density at radius 3 is 2.53 bits per heavy atom. The van der Waals surface area contributed by atoms with Crippen LogP contribution in [0.4, 0.5) is 10.5 Å². The molecule has 0 aliphatic carbocycles. The van der Waals surface area contributed by atoms with E-state index in [1.807, 2.05) is 39.8 Å². The number of halogens is 1. The minimum atomic E-state index is -0.631. The molecule has 1 aliphatic rings. The van der Waals surface area contributed by atoms with E-state index in [-0.39, 0.29) is 24.9 Å². The molecule has 246 valence electrons. The number of aliphatic hydroxyl groups excluding tert-OH is 1. The average molecular weight is 660 g/mol. The van der Waals surface area contributed by atoms with Crippen molar-refractivity contribution in [2.45, 2.75) is 59.0 Å². The molecule has 1 saturated heterocycles. The summed E-state index contributed by atoms with van der Waals surface area (Å²) in [5.74, 6) is -0.0812. The Kier molecular flexibility index (Phi) is 10.4. The molecule has 1 atom stereocenters. The molecular weight excluding hydrogens is 622 g/mol. The normalized spacial score (nSPS) is 14.2. The van der Waals surface area contributed by atoms with E-state index in [0.717, 1.165) is 23.1 Å². The summed E-state index contributed by atoms with van der Waals surface area (Å²) in [5.41, 5.74) is 4.70. The van der Waals surface area contributed by atoms with Crippen LogP contribution in [-0.4, -0.2) is 68.9 Å². The van der Waals surface area contributed by atoms with Gasteiger partial charge in [0.05, 0.1) is 49.3 Å². The number of carbonyl (C=O) groups excluding carboxylic acids is 2. The molecule has 3 aromatic heterocycles. The number of hydrogen-bond acceptors (Lipinski definition) is 9. The minimum Gasteiger partial charge on any atom is -0.481 e. The summed E-state index contributed by atoms with van der Waals surface area (Å²) in [4.78, 5) is 41.2. The number of nitrogens with zero attached hydrogens (tertiary/aromatic N) is 4. The maximum atomic E-state index is 13.3. The third kappa shape index (κ3) is 8.05. The van der Waals surface area contributed by atoms with E-state index in [9.17, 15) is 14.7 Å². The van der Waals surface area contributed by atoms with Crippen molar-refractivity contribution in [1.29, 1.82) is 0 Å². The van der Waals surface area contributed by atoms with Gasteiger partial charge in [-0.05, 0) is 75.6 Å². The number of methoxy groups -OCH3 is 1. The fourth-order valence-electron chi connectivity index (χ4n) is 5.04. The lowest BCUT2D eigenvalue weighted by atomic mass is 10.0. The van der Waals surface area contributed by atoms with Gasteiger partial charge in [0, 0.05) is 41.4 Å². The van der Waals surface area contributed by atoms with Gasteiger partial charge in [-0.3, -0.25) is 14.8 Å². The molecule has 4 aromatic rings. The molecule has 0 bridgehead atoms. The number of anilines is 1. The first-order valence-electron chi connectivity index (χ1n) is 15.2. The van der Waals surface area contributed by atoms with Gasteiger partial charge in [0.15, 0.2) is 0 Å². The van der Waals surface area contributed by atoms with E-state index < -0.39 is 17.6 Å². The van der Waals surface area contributed by atoms with E-state index in [4.69, 9.17) is 25.8 Å². The fraction of sp³-hybridized carbons (Fsp3) is 0.343. The summed E-state index contributed by atoms with van der Waals surface area (Å²) in [6, 6.07) is 14.1. The molecule has 0 unspecified atom stereocenters. The quantitative estimate of drug-likeness (QED) is 0.197. The van der Waals surface area contributed by atoms with Crippen LogP contribution in [0.2, 0.25) is 5.02 Å². The molecule has 2 amide bonds. The smallest absolute Gasteiger partial charge is 0.410 e.